The van der Waals surface area contributed by atoms with E-state index < -0.39 is 15.7 Å². The van der Waals surface area contributed by atoms with Crippen molar-refractivity contribution in [1.82, 2.24) is 10.5 Å². The fourth-order valence-corrected chi connectivity index (χ4v) is 3.71. The van der Waals surface area contributed by atoms with Crippen molar-refractivity contribution in [2.24, 2.45) is 0 Å². The third kappa shape index (κ3) is 4.39. The average molecular weight is 435 g/mol. The second-order valence-electron chi connectivity index (χ2n) is 5.47. The molecule has 2 aromatic carbocycles. The van der Waals surface area contributed by atoms with Crippen molar-refractivity contribution in [3.05, 3.63) is 70.8 Å². The zero-order chi connectivity index (χ0) is 18.6. The quantitative estimate of drug-likeness (QED) is 0.642. The Labute approximate surface area is 159 Å². The van der Waals surface area contributed by atoms with Gasteiger partial charge < -0.3 is 9.84 Å². The minimum absolute atomic E-state index is 0.0173. The van der Waals surface area contributed by atoms with Gasteiger partial charge in [-0.25, -0.2) is 8.42 Å². The zero-order valence-corrected chi connectivity index (χ0v) is 16.0. The second kappa shape index (κ2) is 7.84. The van der Waals surface area contributed by atoms with E-state index in [2.05, 4.69) is 26.4 Å². The molecular formula is C18H15BrN2O4S. The highest BCUT2D eigenvalue weighted by Crippen LogP contribution is 2.22. The first-order valence-electron chi connectivity index (χ1n) is 7.74. The number of hydrogen-bond donors (Lipinski definition) is 1. The average Bonchev–Trinajstić information content (AvgIpc) is 3.13. The van der Waals surface area contributed by atoms with Crippen LogP contribution in [0.4, 0.5) is 0 Å². The van der Waals surface area contributed by atoms with Gasteiger partial charge in [0.05, 0.1) is 10.6 Å². The van der Waals surface area contributed by atoms with Gasteiger partial charge in [0.2, 0.25) is 0 Å². The predicted molar refractivity (Wildman–Crippen MR) is 100 cm³/mol. The van der Waals surface area contributed by atoms with Gasteiger partial charge in [-0.3, -0.25) is 4.79 Å². The van der Waals surface area contributed by atoms with E-state index in [0.717, 1.165) is 10.0 Å². The summed E-state index contributed by atoms with van der Waals surface area (Å²) in [6.45, 7) is -0.0173. The Hall–Kier alpha value is -2.45. The molecule has 134 valence electrons. The van der Waals surface area contributed by atoms with Crippen LogP contribution in [0.15, 0.2) is 74.6 Å². The molecule has 1 amide bonds. The summed E-state index contributed by atoms with van der Waals surface area (Å²) < 4.78 is 30.5. The summed E-state index contributed by atoms with van der Waals surface area (Å²) in [6, 6.07) is 17.0. The van der Waals surface area contributed by atoms with Gasteiger partial charge >= 0.3 is 0 Å². The lowest BCUT2D eigenvalue weighted by Gasteiger charge is -2.05. The summed E-state index contributed by atoms with van der Waals surface area (Å²) in [5.74, 6) is -0.222. The molecule has 1 N–H and O–H groups in total. The van der Waals surface area contributed by atoms with Crippen molar-refractivity contribution in [2.45, 2.75) is 4.90 Å². The smallest absolute Gasteiger partial charge is 0.273 e. The molecule has 0 aliphatic rings. The van der Waals surface area contributed by atoms with Crippen LogP contribution in [-0.2, 0) is 9.84 Å². The molecule has 6 nitrogen and oxygen atoms in total. The Kier molecular flexibility index (Phi) is 5.53. The van der Waals surface area contributed by atoms with Gasteiger partial charge in [0, 0.05) is 22.6 Å². The first-order valence-corrected chi connectivity index (χ1v) is 10.2. The number of benzene rings is 2. The van der Waals surface area contributed by atoms with E-state index in [1.54, 1.807) is 18.2 Å². The fraction of sp³-hybridized carbons (Fsp3) is 0.111. The first kappa shape index (κ1) is 18.3. The molecule has 0 saturated heterocycles. The van der Waals surface area contributed by atoms with Crippen molar-refractivity contribution >= 4 is 31.7 Å². The molecule has 0 spiro atoms. The molecule has 0 atom stereocenters. The SMILES string of the molecule is O=C(NCCS(=O)(=O)c1ccccc1)c1cc(-c2ccc(Br)cc2)on1. The summed E-state index contributed by atoms with van der Waals surface area (Å²) in [4.78, 5) is 12.4. The van der Waals surface area contributed by atoms with Crippen LogP contribution in [0.1, 0.15) is 10.5 Å². The molecule has 0 fully saturated rings. The van der Waals surface area contributed by atoms with Crippen LogP contribution < -0.4 is 5.32 Å². The van der Waals surface area contributed by atoms with Crippen molar-refractivity contribution in [2.75, 3.05) is 12.3 Å². The molecule has 1 heterocycles. The molecular weight excluding hydrogens is 420 g/mol. The van der Waals surface area contributed by atoms with Crippen LogP contribution in [0.3, 0.4) is 0 Å². The van der Waals surface area contributed by atoms with Crippen molar-refractivity contribution in [3.63, 3.8) is 0 Å². The monoisotopic (exact) mass is 434 g/mol. The second-order valence-corrected chi connectivity index (χ2v) is 8.50. The molecule has 0 bridgehead atoms. The van der Waals surface area contributed by atoms with E-state index in [1.165, 1.54) is 18.2 Å². The van der Waals surface area contributed by atoms with Crippen molar-refractivity contribution in [1.29, 1.82) is 0 Å². The van der Waals surface area contributed by atoms with Gasteiger partial charge in [0.15, 0.2) is 21.3 Å². The summed E-state index contributed by atoms with van der Waals surface area (Å²) in [5.41, 5.74) is 0.881. The number of rotatable bonds is 6. The zero-order valence-electron chi connectivity index (χ0n) is 13.6. The van der Waals surface area contributed by atoms with Crippen LogP contribution in [0, 0.1) is 0 Å². The third-order valence-corrected chi connectivity index (χ3v) is 5.89. The Morgan fingerprint density at radius 1 is 1.08 bits per heavy atom. The molecule has 26 heavy (non-hydrogen) atoms. The molecule has 0 aliphatic carbocycles. The normalized spacial score (nSPS) is 11.3. The fourth-order valence-electron chi connectivity index (χ4n) is 2.27. The van der Waals surface area contributed by atoms with Gasteiger partial charge in [-0.1, -0.05) is 51.4 Å². The van der Waals surface area contributed by atoms with E-state index in [-0.39, 0.29) is 22.9 Å². The largest absolute Gasteiger partial charge is 0.355 e. The predicted octanol–water partition coefficient (Wildman–Crippen LogP) is 3.31. The number of sulfone groups is 1. The van der Waals surface area contributed by atoms with Gasteiger partial charge in [0.25, 0.3) is 5.91 Å². The van der Waals surface area contributed by atoms with Gasteiger partial charge in [-0.05, 0) is 24.3 Å². The minimum atomic E-state index is -3.44. The van der Waals surface area contributed by atoms with Crippen LogP contribution in [0.5, 0.6) is 0 Å². The highest BCUT2D eigenvalue weighted by atomic mass is 79.9. The Bertz CT molecular complexity index is 999. The minimum Gasteiger partial charge on any atom is -0.355 e. The summed E-state index contributed by atoms with van der Waals surface area (Å²) in [5, 5.41) is 6.29. The number of aromatic nitrogens is 1. The van der Waals surface area contributed by atoms with E-state index in [4.69, 9.17) is 4.52 Å². The van der Waals surface area contributed by atoms with Crippen molar-refractivity contribution in [3.8, 4) is 11.3 Å². The maximum absolute atomic E-state index is 12.2. The molecule has 0 unspecified atom stereocenters. The number of carbonyl (C=O) groups is 1. The standard InChI is InChI=1S/C18H15BrN2O4S/c19-14-8-6-13(7-9-14)17-12-16(21-25-17)18(22)20-10-11-26(23,24)15-4-2-1-3-5-15/h1-9,12H,10-11H2,(H,20,22). The third-order valence-electron chi connectivity index (χ3n) is 3.63. The Morgan fingerprint density at radius 3 is 2.46 bits per heavy atom. The lowest BCUT2D eigenvalue weighted by atomic mass is 10.1. The van der Waals surface area contributed by atoms with E-state index in [9.17, 15) is 13.2 Å². The molecule has 3 aromatic rings. The number of nitrogens with one attached hydrogen (secondary N) is 1. The summed E-state index contributed by atoms with van der Waals surface area (Å²) in [7, 11) is -3.44. The number of hydrogen-bond acceptors (Lipinski definition) is 5. The summed E-state index contributed by atoms with van der Waals surface area (Å²) in [6.07, 6.45) is 0. The number of halogens is 1. The first-order chi connectivity index (χ1) is 12.5. The van der Waals surface area contributed by atoms with Crippen LogP contribution in [0.2, 0.25) is 0 Å². The van der Waals surface area contributed by atoms with Gasteiger partial charge in [-0.15, -0.1) is 0 Å². The maximum Gasteiger partial charge on any atom is 0.273 e. The topological polar surface area (TPSA) is 89.3 Å². The highest BCUT2D eigenvalue weighted by molar-refractivity contribution is 9.10. The molecule has 8 heteroatoms. The molecule has 0 aliphatic heterocycles. The molecule has 0 radical (unpaired) electrons. The number of carbonyl (C=O) groups excluding carboxylic acids is 1. The van der Waals surface area contributed by atoms with E-state index in [1.807, 2.05) is 24.3 Å². The van der Waals surface area contributed by atoms with Gasteiger partial charge in [0.1, 0.15) is 0 Å². The number of nitrogens with zero attached hydrogens (tertiary/aromatic N) is 1. The summed E-state index contributed by atoms with van der Waals surface area (Å²) >= 11 is 3.35. The molecule has 3 rings (SSSR count). The molecule has 1 aromatic heterocycles. The van der Waals surface area contributed by atoms with E-state index >= 15 is 0 Å². The lowest BCUT2D eigenvalue weighted by molar-refractivity contribution is 0.0947. The van der Waals surface area contributed by atoms with E-state index in [0.29, 0.717) is 5.76 Å². The van der Waals surface area contributed by atoms with Crippen LogP contribution in [0.25, 0.3) is 11.3 Å². The Morgan fingerprint density at radius 2 is 1.77 bits per heavy atom. The maximum atomic E-state index is 12.2. The van der Waals surface area contributed by atoms with Crippen LogP contribution >= 0.6 is 15.9 Å². The highest BCUT2D eigenvalue weighted by Gasteiger charge is 2.17. The Balaban J connectivity index is 1.60. The van der Waals surface area contributed by atoms with Gasteiger partial charge in [-0.2, -0.15) is 0 Å². The number of amides is 1. The van der Waals surface area contributed by atoms with Crippen molar-refractivity contribution < 1.29 is 17.7 Å². The lowest BCUT2D eigenvalue weighted by Crippen LogP contribution is -2.29. The van der Waals surface area contributed by atoms with Crippen LogP contribution in [-0.4, -0.2) is 31.8 Å². The molecule has 0 saturated carbocycles.